The van der Waals surface area contributed by atoms with Crippen molar-refractivity contribution in [3.63, 3.8) is 0 Å². The van der Waals surface area contributed by atoms with Crippen LogP contribution in [0.1, 0.15) is 30.2 Å². The molecule has 0 fully saturated rings. The smallest absolute Gasteiger partial charge is 0.219 e. The number of nitrogens with one attached hydrogen (secondary N) is 1. The molecule has 1 aromatic heterocycles. The van der Waals surface area contributed by atoms with Crippen molar-refractivity contribution in [2.24, 2.45) is 0 Å². The van der Waals surface area contributed by atoms with Gasteiger partial charge in [-0.15, -0.1) is 0 Å². The molecule has 1 N–H and O–H groups in total. The summed E-state index contributed by atoms with van der Waals surface area (Å²) in [4.78, 5) is 4.49. The normalized spacial score (nSPS) is 10.7. The Labute approximate surface area is 131 Å². The average molecular weight is 305 g/mol. The monoisotopic (exact) mass is 304 g/mol. The Kier molecular flexibility index (Phi) is 5.59. The molecule has 0 amide bonds. The van der Waals surface area contributed by atoms with Gasteiger partial charge in [0.1, 0.15) is 5.75 Å². The number of ether oxygens (including phenoxy) is 1. The van der Waals surface area contributed by atoms with Crippen molar-refractivity contribution in [1.29, 1.82) is 0 Å². The number of pyridine rings is 1. The molecule has 0 spiro atoms. The molecule has 1 aromatic carbocycles. The second-order valence-corrected chi connectivity index (χ2v) is 5.46. The standard InChI is InChI=1S/C17H21ClN2O/c1-4-10-19-11-15-14(18)8-9-17(20-15)21-16-7-5-6-12(2)13(16)3/h5-9,19H,4,10-11H2,1-3H3. The van der Waals surface area contributed by atoms with Gasteiger partial charge < -0.3 is 10.1 Å². The van der Waals surface area contributed by atoms with E-state index in [4.69, 9.17) is 16.3 Å². The van der Waals surface area contributed by atoms with Crippen LogP contribution in [0.4, 0.5) is 0 Å². The molecular weight excluding hydrogens is 284 g/mol. The lowest BCUT2D eigenvalue weighted by Crippen LogP contribution is -2.15. The minimum absolute atomic E-state index is 0.571. The SMILES string of the molecule is CCCNCc1nc(Oc2cccc(C)c2C)ccc1Cl. The zero-order valence-corrected chi connectivity index (χ0v) is 13.5. The Morgan fingerprint density at radius 3 is 2.76 bits per heavy atom. The molecule has 112 valence electrons. The summed E-state index contributed by atoms with van der Waals surface area (Å²) in [6, 6.07) is 9.63. The second-order valence-electron chi connectivity index (χ2n) is 5.05. The summed E-state index contributed by atoms with van der Waals surface area (Å²) in [6.45, 7) is 7.83. The zero-order valence-electron chi connectivity index (χ0n) is 12.7. The van der Waals surface area contributed by atoms with Gasteiger partial charge in [-0.25, -0.2) is 4.98 Å². The van der Waals surface area contributed by atoms with Crippen molar-refractivity contribution in [1.82, 2.24) is 10.3 Å². The third kappa shape index (κ3) is 4.19. The van der Waals surface area contributed by atoms with E-state index in [0.29, 0.717) is 17.4 Å². The van der Waals surface area contributed by atoms with Gasteiger partial charge in [-0.3, -0.25) is 0 Å². The van der Waals surface area contributed by atoms with Gasteiger partial charge in [0.25, 0.3) is 0 Å². The molecule has 0 bridgehead atoms. The van der Waals surface area contributed by atoms with E-state index in [9.17, 15) is 0 Å². The van der Waals surface area contributed by atoms with E-state index >= 15 is 0 Å². The number of halogens is 1. The van der Waals surface area contributed by atoms with Crippen molar-refractivity contribution < 1.29 is 4.74 Å². The van der Waals surface area contributed by atoms with Crippen LogP contribution in [0, 0.1) is 13.8 Å². The highest BCUT2D eigenvalue weighted by Gasteiger charge is 2.08. The molecule has 0 unspecified atom stereocenters. The predicted molar refractivity (Wildman–Crippen MR) is 87.2 cm³/mol. The molecule has 0 saturated carbocycles. The molecule has 0 aliphatic carbocycles. The van der Waals surface area contributed by atoms with Crippen LogP contribution in [0.2, 0.25) is 5.02 Å². The largest absolute Gasteiger partial charge is 0.439 e. The quantitative estimate of drug-likeness (QED) is 0.789. The first-order chi connectivity index (χ1) is 10.1. The van der Waals surface area contributed by atoms with Gasteiger partial charge in [-0.2, -0.15) is 0 Å². The van der Waals surface area contributed by atoms with E-state index in [1.165, 1.54) is 5.56 Å². The predicted octanol–water partition coefficient (Wildman–Crippen LogP) is 4.64. The van der Waals surface area contributed by atoms with E-state index in [2.05, 4.69) is 30.2 Å². The van der Waals surface area contributed by atoms with Gasteiger partial charge in [0.2, 0.25) is 5.88 Å². The summed E-state index contributed by atoms with van der Waals surface area (Å²) in [6.07, 6.45) is 1.08. The van der Waals surface area contributed by atoms with Crippen LogP contribution in [-0.4, -0.2) is 11.5 Å². The van der Waals surface area contributed by atoms with Crippen LogP contribution in [0.3, 0.4) is 0 Å². The molecule has 4 heteroatoms. The first-order valence-corrected chi connectivity index (χ1v) is 7.59. The molecule has 21 heavy (non-hydrogen) atoms. The molecule has 0 aliphatic heterocycles. The highest BCUT2D eigenvalue weighted by atomic mass is 35.5. The number of benzene rings is 1. The fraction of sp³-hybridized carbons (Fsp3) is 0.353. The third-order valence-corrected chi connectivity index (χ3v) is 3.73. The topological polar surface area (TPSA) is 34.2 Å². The van der Waals surface area contributed by atoms with E-state index in [0.717, 1.165) is 30.0 Å². The summed E-state index contributed by atoms with van der Waals surface area (Å²) in [5, 5.41) is 3.96. The van der Waals surface area contributed by atoms with Crippen LogP contribution in [0.5, 0.6) is 11.6 Å². The summed E-state index contributed by atoms with van der Waals surface area (Å²) >= 11 is 6.18. The van der Waals surface area contributed by atoms with Crippen molar-refractivity contribution >= 4 is 11.6 Å². The van der Waals surface area contributed by atoms with Crippen molar-refractivity contribution in [2.75, 3.05) is 6.54 Å². The lowest BCUT2D eigenvalue weighted by Gasteiger charge is -2.11. The third-order valence-electron chi connectivity index (χ3n) is 3.38. The van der Waals surface area contributed by atoms with Crippen molar-refractivity contribution in [2.45, 2.75) is 33.7 Å². The minimum atomic E-state index is 0.571. The van der Waals surface area contributed by atoms with Crippen LogP contribution in [0.25, 0.3) is 0 Å². The summed E-state index contributed by atoms with van der Waals surface area (Å²) in [5.74, 6) is 1.40. The number of nitrogens with zero attached hydrogens (tertiary/aromatic N) is 1. The van der Waals surface area contributed by atoms with Gasteiger partial charge in [0, 0.05) is 12.6 Å². The Morgan fingerprint density at radius 2 is 2.00 bits per heavy atom. The second kappa shape index (κ2) is 7.43. The molecular formula is C17H21ClN2O. The fourth-order valence-corrected chi connectivity index (χ4v) is 2.15. The van der Waals surface area contributed by atoms with Crippen molar-refractivity contribution in [3.8, 4) is 11.6 Å². The van der Waals surface area contributed by atoms with E-state index in [-0.39, 0.29) is 0 Å². The average Bonchev–Trinajstić information content (AvgIpc) is 2.47. The molecule has 0 radical (unpaired) electrons. The lowest BCUT2D eigenvalue weighted by atomic mass is 10.1. The Morgan fingerprint density at radius 1 is 1.19 bits per heavy atom. The number of aryl methyl sites for hydroxylation is 1. The van der Waals surface area contributed by atoms with E-state index in [1.54, 1.807) is 6.07 Å². The van der Waals surface area contributed by atoms with Crippen LogP contribution in [0.15, 0.2) is 30.3 Å². The van der Waals surface area contributed by atoms with Crippen LogP contribution < -0.4 is 10.1 Å². The molecule has 2 rings (SSSR count). The number of hydrogen-bond donors (Lipinski definition) is 1. The summed E-state index contributed by atoms with van der Waals surface area (Å²) in [7, 11) is 0. The zero-order chi connectivity index (χ0) is 15.2. The maximum absolute atomic E-state index is 6.18. The molecule has 0 saturated heterocycles. The number of rotatable bonds is 6. The van der Waals surface area contributed by atoms with Gasteiger partial charge in [-0.05, 0) is 50.1 Å². The van der Waals surface area contributed by atoms with Gasteiger partial charge in [-0.1, -0.05) is 30.7 Å². The van der Waals surface area contributed by atoms with Crippen LogP contribution >= 0.6 is 11.6 Å². The summed E-state index contributed by atoms with van der Waals surface area (Å²) in [5.41, 5.74) is 3.14. The highest BCUT2D eigenvalue weighted by Crippen LogP contribution is 2.27. The van der Waals surface area contributed by atoms with Gasteiger partial charge >= 0.3 is 0 Å². The minimum Gasteiger partial charge on any atom is -0.439 e. The molecule has 2 aromatic rings. The fourth-order valence-electron chi connectivity index (χ4n) is 1.98. The van der Waals surface area contributed by atoms with Crippen LogP contribution in [-0.2, 0) is 6.54 Å². The van der Waals surface area contributed by atoms with Gasteiger partial charge in [0.15, 0.2) is 0 Å². The number of aromatic nitrogens is 1. The molecule has 3 nitrogen and oxygen atoms in total. The molecule has 1 heterocycles. The summed E-state index contributed by atoms with van der Waals surface area (Å²) < 4.78 is 5.89. The molecule has 0 aliphatic rings. The van der Waals surface area contributed by atoms with E-state index in [1.807, 2.05) is 25.1 Å². The first-order valence-electron chi connectivity index (χ1n) is 7.22. The maximum Gasteiger partial charge on any atom is 0.219 e. The Hall–Kier alpha value is -1.58. The van der Waals surface area contributed by atoms with Gasteiger partial charge in [0.05, 0.1) is 10.7 Å². The number of hydrogen-bond acceptors (Lipinski definition) is 3. The first kappa shape index (κ1) is 15.8. The molecule has 0 atom stereocenters. The Balaban J connectivity index is 2.17. The highest BCUT2D eigenvalue weighted by molar-refractivity contribution is 6.31. The maximum atomic E-state index is 6.18. The Bertz CT molecular complexity index is 614. The van der Waals surface area contributed by atoms with E-state index < -0.39 is 0 Å². The van der Waals surface area contributed by atoms with Crippen molar-refractivity contribution in [3.05, 3.63) is 52.2 Å². The lowest BCUT2D eigenvalue weighted by molar-refractivity contribution is 0.455.